The van der Waals surface area contributed by atoms with E-state index in [1.807, 2.05) is 0 Å². The van der Waals surface area contributed by atoms with Gasteiger partial charge < -0.3 is 10.1 Å². The average Bonchev–Trinajstić information content (AvgIpc) is 3.76. The molecule has 3 heterocycles. The van der Waals surface area contributed by atoms with Gasteiger partial charge in [0.1, 0.15) is 47.0 Å². The zero-order valence-electron chi connectivity index (χ0n) is 34.2. The minimum Gasteiger partial charge on any atom is -0.497 e. The standard InChI is InChI=1S/C43H34ClF7N8O5S/c1-56-37-32(11-10-29(44)35(37)41(55-56)58(65(3,62)63)18-20-4-7-25(64-2)8-5-20)59-40(53-30-16-22(45)6-9-26(30)42(59)61)31(14-21-12-23(46)15-24(47)13-21)52-33(60)19-57-38-34(36(54-57)39(48)49)27-17-28(27)43(38,50)51/h4-13,15-16,27-28,31,39H,14,17-19H2,1-3H3,(H,52,60)/t27-,28+,31?/m0/s1. The topological polar surface area (TPSA) is 146 Å². The third-order valence-electron chi connectivity index (χ3n) is 11.6. The van der Waals surface area contributed by atoms with E-state index in [1.54, 1.807) is 24.3 Å². The van der Waals surface area contributed by atoms with E-state index in [0.29, 0.717) is 22.1 Å². The lowest BCUT2D eigenvalue weighted by Crippen LogP contribution is -2.38. The van der Waals surface area contributed by atoms with Crippen LogP contribution in [0.25, 0.3) is 27.5 Å². The molecule has 0 spiro atoms. The number of hydrogen-bond acceptors (Lipinski definition) is 8. The van der Waals surface area contributed by atoms with Crippen molar-refractivity contribution < 1.29 is 48.7 Å². The summed E-state index contributed by atoms with van der Waals surface area (Å²) in [7, 11) is -1.20. The number of anilines is 1. The number of rotatable bonds is 13. The van der Waals surface area contributed by atoms with Crippen LogP contribution in [-0.2, 0) is 47.3 Å². The summed E-state index contributed by atoms with van der Waals surface area (Å²) in [6.07, 6.45) is -2.83. The minimum atomic E-state index is -4.12. The Balaban J connectivity index is 1.22. The molecule has 1 fully saturated rings. The van der Waals surface area contributed by atoms with Crippen molar-refractivity contribution in [3.8, 4) is 11.4 Å². The number of aromatic nitrogens is 6. The molecular formula is C43H34ClF7N8O5S. The first-order valence-electron chi connectivity index (χ1n) is 19.7. The molecule has 0 radical (unpaired) electrons. The largest absolute Gasteiger partial charge is 0.497 e. The highest BCUT2D eigenvalue weighted by Gasteiger charge is 2.67. The minimum absolute atomic E-state index is 0.00917. The number of hydrogen-bond donors (Lipinski definition) is 1. The summed E-state index contributed by atoms with van der Waals surface area (Å²) in [5.41, 5.74) is -2.68. The number of methoxy groups -OCH3 is 1. The fourth-order valence-electron chi connectivity index (χ4n) is 8.71. The van der Waals surface area contributed by atoms with E-state index in [9.17, 15) is 40.0 Å². The number of carbonyl (C=O) groups excluding carboxylic acids is 1. The van der Waals surface area contributed by atoms with Crippen LogP contribution in [0.15, 0.2) is 77.6 Å². The summed E-state index contributed by atoms with van der Waals surface area (Å²) in [5.74, 6) is -9.65. The van der Waals surface area contributed by atoms with E-state index in [0.717, 1.165) is 45.5 Å². The molecule has 13 nitrogen and oxygen atoms in total. The van der Waals surface area contributed by atoms with E-state index < -0.39 is 93.5 Å². The monoisotopic (exact) mass is 942 g/mol. The van der Waals surface area contributed by atoms with Crippen LogP contribution in [0.2, 0.25) is 5.02 Å². The number of ether oxygens (including phenoxy) is 1. The third-order valence-corrected chi connectivity index (χ3v) is 13.0. The Morgan fingerprint density at radius 3 is 2.35 bits per heavy atom. The van der Waals surface area contributed by atoms with Crippen LogP contribution < -0.4 is 19.9 Å². The Bertz CT molecular complexity index is 3250. The van der Waals surface area contributed by atoms with Crippen LogP contribution >= 0.6 is 11.6 Å². The van der Waals surface area contributed by atoms with Crippen molar-refractivity contribution in [3.05, 3.63) is 140 Å². The number of nitrogens with one attached hydrogen (secondary N) is 1. The smallest absolute Gasteiger partial charge is 0.293 e. The Morgan fingerprint density at radius 2 is 1.69 bits per heavy atom. The molecule has 338 valence electrons. The van der Waals surface area contributed by atoms with E-state index >= 15 is 8.78 Å². The van der Waals surface area contributed by atoms with Gasteiger partial charge in [0.25, 0.3) is 17.9 Å². The van der Waals surface area contributed by atoms with Crippen molar-refractivity contribution >= 4 is 55.2 Å². The predicted octanol–water partition coefficient (Wildman–Crippen LogP) is 7.76. The van der Waals surface area contributed by atoms with Gasteiger partial charge in [0.05, 0.1) is 58.5 Å². The first kappa shape index (κ1) is 43.8. The summed E-state index contributed by atoms with van der Waals surface area (Å²) in [5, 5.41) is 10.7. The zero-order chi connectivity index (χ0) is 46.4. The molecular weight excluding hydrogens is 909 g/mol. The van der Waals surface area contributed by atoms with Gasteiger partial charge in [0.2, 0.25) is 15.9 Å². The van der Waals surface area contributed by atoms with E-state index in [1.165, 1.54) is 31.0 Å². The lowest BCUT2D eigenvalue weighted by Gasteiger charge is -2.24. The number of carbonyl (C=O) groups is 1. The Morgan fingerprint density at radius 1 is 0.985 bits per heavy atom. The maximum absolute atomic E-state index is 15.5. The summed E-state index contributed by atoms with van der Waals surface area (Å²) < 4.78 is 140. The molecule has 7 aromatic rings. The molecule has 1 saturated carbocycles. The number of amides is 1. The van der Waals surface area contributed by atoms with Crippen molar-refractivity contribution in [2.75, 3.05) is 17.7 Å². The maximum atomic E-state index is 15.5. The van der Waals surface area contributed by atoms with Crippen molar-refractivity contribution in [2.45, 2.75) is 50.2 Å². The van der Waals surface area contributed by atoms with Gasteiger partial charge in [0.15, 0.2) is 5.82 Å². The highest BCUT2D eigenvalue weighted by molar-refractivity contribution is 7.92. The van der Waals surface area contributed by atoms with Gasteiger partial charge in [0, 0.05) is 37.1 Å². The van der Waals surface area contributed by atoms with Crippen molar-refractivity contribution in [2.24, 2.45) is 13.0 Å². The molecule has 0 aliphatic heterocycles. The molecule has 2 aliphatic carbocycles. The van der Waals surface area contributed by atoms with Crippen molar-refractivity contribution in [1.29, 1.82) is 0 Å². The summed E-state index contributed by atoms with van der Waals surface area (Å²) in [4.78, 5) is 33.6. The number of halogens is 8. The van der Waals surface area contributed by atoms with Gasteiger partial charge in [-0.2, -0.15) is 19.0 Å². The molecule has 3 aromatic heterocycles. The molecule has 3 atom stereocenters. The Hall–Kier alpha value is -6.48. The molecule has 1 N–H and O–H groups in total. The number of fused-ring (bicyclic) bond motifs is 5. The van der Waals surface area contributed by atoms with Crippen LogP contribution in [0.3, 0.4) is 0 Å². The molecule has 2 aliphatic rings. The van der Waals surface area contributed by atoms with Crippen LogP contribution in [0.4, 0.5) is 36.6 Å². The highest BCUT2D eigenvalue weighted by atomic mass is 35.5. The maximum Gasteiger partial charge on any atom is 0.293 e. The number of benzene rings is 4. The number of aryl methyl sites for hydroxylation is 1. The first-order chi connectivity index (χ1) is 30.7. The van der Waals surface area contributed by atoms with E-state index in [4.69, 9.17) is 16.3 Å². The van der Waals surface area contributed by atoms with E-state index in [2.05, 4.69) is 20.5 Å². The Kier molecular flexibility index (Phi) is 10.7. The normalized spacial score (nSPS) is 16.8. The molecule has 1 unspecified atom stereocenters. The van der Waals surface area contributed by atoms with Crippen LogP contribution in [0.5, 0.6) is 5.75 Å². The number of alkyl halides is 4. The van der Waals surface area contributed by atoms with Gasteiger partial charge in [-0.3, -0.25) is 23.5 Å². The average molecular weight is 943 g/mol. The molecule has 65 heavy (non-hydrogen) atoms. The molecule has 9 rings (SSSR count). The van der Waals surface area contributed by atoms with Crippen LogP contribution in [-0.4, -0.2) is 56.8 Å². The lowest BCUT2D eigenvalue weighted by atomic mass is 10.0. The van der Waals surface area contributed by atoms with Gasteiger partial charge in [-0.05, 0) is 72.0 Å². The number of sulfonamides is 1. The highest BCUT2D eigenvalue weighted by Crippen LogP contribution is 2.68. The predicted molar refractivity (Wildman–Crippen MR) is 223 cm³/mol. The van der Waals surface area contributed by atoms with Gasteiger partial charge >= 0.3 is 0 Å². The second-order valence-corrected chi connectivity index (χ2v) is 18.2. The second-order valence-electron chi connectivity index (χ2n) is 15.9. The summed E-state index contributed by atoms with van der Waals surface area (Å²) in [6.45, 7) is -1.26. The van der Waals surface area contributed by atoms with Crippen LogP contribution in [0.1, 0.15) is 58.7 Å². The SMILES string of the molecule is COc1ccc(CN(c2nn(C)c3c(-n4c(C(Cc5cc(F)cc(F)c5)NC(=O)Cn5nc(C(F)F)c6c5C(F)(F)[C@@H]5C[C@H]65)nc5cc(F)ccc5c4=O)ccc(Cl)c23)S(C)(=O)=O)cc1. The summed E-state index contributed by atoms with van der Waals surface area (Å²) in [6, 6.07) is 13.2. The summed E-state index contributed by atoms with van der Waals surface area (Å²) >= 11 is 6.83. The van der Waals surface area contributed by atoms with Crippen molar-refractivity contribution in [1.82, 2.24) is 34.4 Å². The van der Waals surface area contributed by atoms with Gasteiger partial charge in [-0.25, -0.2) is 39.7 Å². The Labute approximate surface area is 369 Å². The second kappa shape index (κ2) is 15.9. The molecule has 4 aromatic carbocycles. The molecule has 0 bridgehead atoms. The molecule has 0 saturated heterocycles. The zero-order valence-corrected chi connectivity index (χ0v) is 35.7. The molecule has 22 heteroatoms. The quantitative estimate of drug-likeness (QED) is 0.116. The fourth-order valence-corrected chi connectivity index (χ4v) is 9.77. The molecule has 1 amide bonds. The van der Waals surface area contributed by atoms with Crippen molar-refractivity contribution in [3.63, 3.8) is 0 Å². The fraction of sp³-hybridized carbons (Fsp3) is 0.279. The van der Waals surface area contributed by atoms with Gasteiger partial charge in [-0.1, -0.05) is 23.7 Å². The van der Waals surface area contributed by atoms with E-state index in [-0.39, 0.29) is 68.3 Å². The number of nitrogens with zero attached hydrogens (tertiary/aromatic N) is 7. The van der Waals surface area contributed by atoms with Crippen LogP contribution in [0, 0.1) is 23.4 Å². The third kappa shape index (κ3) is 7.72. The van der Waals surface area contributed by atoms with Gasteiger partial charge in [-0.15, -0.1) is 0 Å². The lowest BCUT2D eigenvalue weighted by molar-refractivity contribution is -0.123. The first-order valence-corrected chi connectivity index (χ1v) is 22.0.